The molecule has 0 saturated carbocycles. The van der Waals surface area contributed by atoms with Crippen LogP contribution < -0.4 is 5.32 Å². The number of hydrogen-bond acceptors (Lipinski definition) is 3. The lowest BCUT2D eigenvalue weighted by atomic mass is 9.91. The van der Waals surface area contributed by atoms with Gasteiger partial charge < -0.3 is 9.88 Å². The van der Waals surface area contributed by atoms with Crippen LogP contribution in [0.2, 0.25) is 0 Å². The van der Waals surface area contributed by atoms with E-state index in [1.807, 2.05) is 13.2 Å². The second-order valence-corrected chi connectivity index (χ2v) is 5.30. The fraction of sp³-hybridized carbons (Fsp3) is 0.571. The van der Waals surface area contributed by atoms with Crippen LogP contribution in [0, 0.1) is 0 Å². The summed E-state index contributed by atoms with van der Waals surface area (Å²) in [5, 5.41) is 11.7. The zero-order chi connectivity index (χ0) is 13.2. The van der Waals surface area contributed by atoms with Crippen molar-refractivity contribution in [1.29, 1.82) is 0 Å². The molecule has 0 fully saturated rings. The lowest BCUT2D eigenvalue weighted by Gasteiger charge is -2.22. The Morgan fingerprint density at radius 1 is 1.37 bits per heavy atom. The summed E-state index contributed by atoms with van der Waals surface area (Å²) >= 11 is 0. The van der Waals surface area contributed by atoms with Gasteiger partial charge in [0.15, 0.2) is 0 Å². The lowest BCUT2D eigenvalue weighted by Crippen LogP contribution is -2.23. The Kier molecular flexibility index (Phi) is 3.38. The molecule has 0 saturated heterocycles. The molecule has 2 aromatic heterocycles. The van der Waals surface area contributed by atoms with Crippen LogP contribution in [0.1, 0.15) is 42.6 Å². The van der Waals surface area contributed by atoms with Crippen LogP contribution in [0.5, 0.6) is 0 Å². The van der Waals surface area contributed by atoms with E-state index >= 15 is 0 Å². The van der Waals surface area contributed by atoms with Gasteiger partial charge in [0.2, 0.25) is 0 Å². The van der Waals surface area contributed by atoms with E-state index in [1.165, 1.54) is 30.4 Å². The molecular weight excluding hydrogens is 238 g/mol. The van der Waals surface area contributed by atoms with E-state index in [1.54, 1.807) is 4.68 Å². The van der Waals surface area contributed by atoms with Gasteiger partial charge in [-0.25, -0.2) is 0 Å². The molecule has 102 valence electrons. The van der Waals surface area contributed by atoms with Gasteiger partial charge in [0.05, 0.1) is 6.54 Å². The molecule has 0 bridgehead atoms. The maximum absolute atomic E-state index is 4.15. The molecule has 0 radical (unpaired) electrons. The predicted molar refractivity (Wildman–Crippen MR) is 73.9 cm³/mol. The predicted octanol–water partition coefficient (Wildman–Crippen LogP) is 1.65. The highest BCUT2D eigenvalue weighted by Gasteiger charge is 2.21. The molecule has 1 aliphatic carbocycles. The Hall–Kier alpha value is -1.62. The molecule has 5 nitrogen and oxygen atoms in total. The van der Waals surface area contributed by atoms with Gasteiger partial charge >= 0.3 is 0 Å². The summed E-state index contributed by atoms with van der Waals surface area (Å²) in [6.07, 6.45) is 10.2. The molecule has 1 N–H and O–H groups in total. The number of aromatic nitrogens is 4. The van der Waals surface area contributed by atoms with Crippen molar-refractivity contribution < 1.29 is 0 Å². The Balaban J connectivity index is 1.81. The van der Waals surface area contributed by atoms with Crippen LogP contribution >= 0.6 is 0 Å². The van der Waals surface area contributed by atoms with Crippen molar-refractivity contribution in [3.8, 4) is 0 Å². The highest BCUT2D eigenvalue weighted by Crippen LogP contribution is 2.30. The van der Waals surface area contributed by atoms with Crippen LogP contribution in [0.15, 0.2) is 18.6 Å². The molecule has 0 aromatic carbocycles. The number of aryl methyl sites for hydroxylation is 2. The van der Waals surface area contributed by atoms with E-state index in [0.29, 0.717) is 6.04 Å². The molecule has 2 aromatic rings. The fourth-order valence-corrected chi connectivity index (χ4v) is 2.95. The second kappa shape index (κ2) is 5.17. The van der Waals surface area contributed by atoms with Gasteiger partial charge in [-0.15, -0.1) is 5.10 Å². The Bertz CT molecular complexity index is 554. The number of nitrogens with one attached hydrogen (secondary N) is 1. The molecule has 1 atom stereocenters. The standard InChI is InChI=1S/C14H21N5/c1-3-15-14-6-4-5-11-7-19(10-13(11)14)9-12-8-18(2)17-16-12/h7-8,10,14-15H,3-6,9H2,1-2H3. The number of nitrogens with zero attached hydrogens (tertiary/aromatic N) is 4. The summed E-state index contributed by atoms with van der Waals surface area (Å²) in [4.78, 5) is 0. The zero-order valence-corrected chi connectivity index (χ0v) is 11.6. The molecule has 0 amide bonds. The minimum atomic E-state index is 0.525. The summed E-state index contributed by atoms with van der Waals surface area (Å²) in [5.41, 5.74) is 3.97. The third-order valence-corrected chi connectivity index (χ3v) is 3.76. The van der Waals surface area contributed by atoms with E-state index in [-0.39, 0.29) is 0 Å². The molecule has 1 aliphatic rings. The minimum absolute atomic E-state index is 0.525. The topological polar surface area (TPSA) is 47.7 Å². The van der Waals surface area contributed by atoms with Gasteiger partial charge in [0.25, 0.3) is 0 Å². The first kappa shape index (κ1) is 12.4. The molecule has 1 unspecified atom stereocenters. The van der Waals surface area contributed by atoms with Gasteiger partial charge in [0, 0.05) is 31.7 Å². The molecular formula is C14H21N5. The van der Waals surface area contributed by atoms with Crippen LogP contribution in [0.4, 0.5) is 0 Å². The van der Waals surface area contributed by atoms with Gasteiger partial charge in [0.1, 0.15) is 5.69 Å². The highest BCUT2D eigenvalue weighted by atomic mass is 15.4. The first-order chi connectivity index (χ1) is 9.26. The molecule has 2 heterocycles. The van der Waals surface area contributed by atoms with Crippen molar-refractivity contribution in [2.24, 2.45) is 7.05 Å². The average Bonchev–Trinajstić information content (AvgIpc) is 2.97. The largest absolute Gasteiger partial charge is 0.348 e. The SMILES string of the molecule is CCNC1CCCc2cn(Cc3cn(C)nn3)cc21. The average molecular weight is 259 g/mol. The fourth-order valence-electron chi connectivity index (χ4n) is 2.95. The van der Waals surface area contributed by atoms with Crippen LogP contribution in [0.25, 0.3) is 0 Å². The minimum Gasteiger partial charge on any atom is -0.348 e. The van der Waals surface area contributed by atoms with Crippen LogP contribution in [-0.2, 0) is 20.0 Å². The maximum Gasteiger partial charge on any atom is 0.102 e. The van der Waals surface area contributed by atoms with Crippen LogP contribution in [0.3, 0.4) is 0 Å². The summed E-state index contributed by atoms with van der Waals surface area (Å²) < 4.78 is 3.99. The molecule has 5 heteroatoms. The van der Waals surface area contributed by atoms with Crippen molar-refractivity contribution in [3.05, 3.63) is 35.4 Å². The van der Waals surface area contributed by atoms with Gasteiger partial charge in [-0.3, -0.25) is 4.68 Å². The summed E-state index contributed by atoms with van der Waals surface area (Å²) in [7, 11) is 1.90. The van der Waals surface area contributed by atoms with Crippen molar-refractivity contribution in [2.45, 2.75) is 38.8 Å². The maximum atomic E-state index is 4.15. The molecule has 0 spiro atoms. The third kappa shape index (κ3) is 2.56. The first-order valence-corrected chi connectivity index (χ1v) is 7.03. The number of rotatable bonds is 4. The normalized spacial score (nSPS) is 18.5. The first-order valence-electron chi connectivity index (χ1n) is 7.03. The third-order valence-electron chi connectivity index (χ3n) is 3.76. The monoisotopic (exact) mass is 259 g/mol. The number of hydrogen-bond donors (Lipinski definition) is 1. The van der Waals surface area contributed by atoms with Crippen molar-refractivity contribution in [3.63, 3.8) is 0 Å². The van der Waals surface area contributed by atoms with Gasteiger partial charge in [-0.2, -0.15) is 0 Å². The van der Waals surface area contributed by atoms with Crippen LogP contribution in [-0.4, -0.2) is 26.1 Å². The smallest absolute Gasteiger partial charge is 0.102 e. The van der Waals surface area contributed by atoms with E-state index in [4.69, 9.17) is 0 Å². The Morgan fingerprint density at radius 3 is 3.00 bits per heavy atom. The summed E-state index contributed by atoms with van der Waals surface area (Å²) in [6.45, 7) is 4.00. The Morgan fingerprint density at radius 2 is 2.26 bits per heavy atom. The summed E-state index contributed by atoms with van der Waals surface area (Å²) in [5.74, 6) is 0. The van der Waals surface area contributed by atoms with Crippen molar-refractivity contribution >= 4 is 0 Å². The summed E-state index contributed by atoms with van der Waals surface area (Å²) in [6, 6.07) is 0.525. The molecule has 3 rings (SSSR count). The zero-order valence-electron chi connectivity index (χ0n) is 11.6. The highest BCUT2D eigenvalue weighted by molar-refractivity contribution is 5.30. The van der Waals surface area contributed by atoms with E-state index in [9.17, 15) is 0 Å². The second-order valence-electron chi connectivity index (χ2n) is 5.30. The van der Waals surface area contributed by atoms with E-state index in [0.717, 1.165) is 18.8 Å². The van der Waals surface area contributed by atoms with E-state index < -0.39 is 0 Å². The van der Waals surface area contributed by atoms with E-state index in [2.05, 4.69) is 39.5 Å². The Labute approximate surface area is 113 Å². The lowest BCUT2D eigenvalue weighted by molar-refractivity contribution is 0.473. The van der Waals surface area contributed by atoms with Gasteiger partial charge in [-0.1, -0.05) is 12.1 Å². The van der Waals surface area contributed by atoms with Gasteiger partial charge in [-0.05, 0) is 36.9 Å². The van der Waals surface area contributed by atoms with Crippen molar-refractivity contribution in [2.75, 3.05) is 6.54 Å². The number of fused-ring (bicyclic) bond motifs is 1. The quantitative estimate of drug-likeness (QED) is 0.908. The molecule has 19 heavy (non-hydrogen) atoms. The van der Waals surface area contributed by atoms with Crippen molar-refractivity contribution in [1.82, 2.24) is 24.9 Å². The molecule has 0 aliphatic heterocycles.